The van der Waals surface area contributed by atoms with E-state index in [0.717, 1.165) is 74.8 Å². The molecule has 0 amide bonds. The van der Waals surface area contributed by atoms with Crippen molar-refractivity contribution in [3.8, 4) is 11.1 Å². The molecule has 0 fully saturated rings. The molecule has 75 heavy (non-hydrogen) atoms. The van der Waals surface area contributed by atoms with Crippen molar-refractivity contribution in [1.29, 1.82) is 0 Å². The topological polar surface area (TPSA) is 38.5 Å². The van der Waals surface area contributed by atoms with Crippen LogP contribution in [-0.2, 0) is 10.8 Å². The van der Waals surface area contributed by atoms with Crippen LogP contribution < -0.4 is 52.4 Å². The lowest BCUT2D eigenvalue weighted by Gasteiger charge is -2.42. The summed E-state index contributed by atoms with van der Waals surface area (Å²) >= 11 is 0. The molecule has 0 aliphatic heterocycles. The molecule has 0 unspecified atom stereocenters. The first-order valence-corrected chi connectivity index (χ1v) is 30.2. The molecular formula is C70H59NO2Si2. The SMILES string of the molecule is CC(C)(C)c1ccc2c(c1)c(=O)c1c([Si](c3ccccc3)(c3ccccc3)c3ccccc3)c(-c3ccccc3)c([Si](c3ccccc3)(c3ccccc3)c3ccccc3)c3c(=O)c4cc(C(C)(C)C)ccc4n2c13. The fraction of sp³-hybridized carbons (Fsp3) is 0.114. The standard InChI is InChI=1S/C70H59NO2Si2/c1-69(2,3)49-42-44-59-57(46-49)65(72)62-64-63(66(73)58-47-50(70(4,5)6)43-45-60(58)71(59)64)68(75(54-36-22-11-23-37-54,55-38-24-12-25-39-55)56-40-26-13-27-41-56)61(48-28-14-7-15-29-48)67(62)74(51-30-16-8-17-31-51,52-32-18-9-19-33-52)53-34-20-10-21-35-53/h7-47H,1-6H3. The Hall–Kier alpha value is -8.23. The normalized spacial score (nSPS) is 12.5. The summed E-state index contributed by atoms with van der Waals surface area (Å²) in [6.45, 7) is 13.3. The van der Waals surface area contributed by atoms with E-state index in [9.17, 15) is 0 Å². The van der Waals surface area contributed by atoms with Gasteiger partial charge in [-0.3, -0.25) is 9.59 Å². The van der Waals surface area contributed by atoms with Crippen LogP contribution in [0.1, 0.15) is 52.7 Å². The smallest absolute Gasteiger partial charge is 0.197 e. The van der Waals surface area contributed by atoms with Gasteiger partial charge < -0.3 is 4.40 Å². The van der Waals surface area contributed by atoms with Crippen molar-refractivity contribution in [2.24, 2.45) is 0 Å². The summed E-state index contributed by atoms with van der Waals surface area (Å²) < 4.78 is 2.33. The summed E-state index contributed by atoms with van der Waals surface area (Å²) in [5.74, 6) is 0. The van der Waals surface area contributed by atoms with Gasteiger partial charge in [0, 0.05) is 21.5 Å². The Morgan fingerprint density at radius 3 is 0.867 bits per heavy atom. The zero-order valence-corrected chi connectivity index (χ0v) is 45.4. The van der Waals surface area contributed by atoms with Crippen molar-refractivity contribution in [1.82, 2.24) is 4.40 Å². The molecule has 364 valence electrons. The van der Waals surface area contributed by atoms with Gasteiger partial charge in [0.1, 0.15) is 0 Å². The van der Waals surface area contributed by atoms with Gasteiger partial charge in [-0.25, -0.2) is 0 Å². The van der Waals surface area contributed by atoms with Crippen LogP contribution in [0.4, 0.5) is 0 Å². The quantitative estimate of drug-likeness (QED) is 0.0626. The van der Waals surface area contributed by atoms with Crippen LogP contribution in [0.5, 0.6) is 0 Å². The van der Waals surface area contributed by atoms with Crippen molar-refractivity contribution >= 4 is 95.7 Å². The zero-order chi connectivity index (χ0) is 51.7. The molecular weight excluding hydrogens is 943 g/mol. The van der Waals surface area contributed by atoms with Gasteiger partial charge in [-0.1, -0.05) is 266 Å². The minimum atomic E-state index is -3.76. The first-order valence-electron chi connectivity index (χ1n) is 26.2. The van der Waals surface area contributed by atoms with Gasteiger partial charge in [0.05, 0.1) is 16.6 Å². The summed E-state index contributed by atoms with van der Waals surface area (Å²) in [4.78, 5) is 34.5. The summed E-state index contributed by atoms with van der Waals surface area (Å²) in [5, 5.41) is 11.2. The largest absolute Gasteiger partial charge is 0.308 e. The Bertz CT molecular complexity index is 3750. The van der Waals surface area contributed by atoms with E-state index in [1.807, 2.05) is 0 Å². The van der Waals surface area contributed by atoms with Crippen LogP contribution in [-0.4, -0.2) is 20.5 Å². The van der Waals surface area contributed by atoms with Crippen molar-refractivity contribution in [3.63, 3.8) is 0 Å². The second-order valence-corrected chi connectivity index (χ2v) is 29.7. The summed E-state index contributed by atoms with van der Waals surface area (Å²) in [6, 6.07) is 89.5. The van der Waals surface area contributed by atoms with Gasteiger partial charge >= 0.3 is 0 Å². The first kappa shape index (κ1) is 47.8. The molecule has 0 radical (unpaired) electrons. The maximum Gasteiger partial charge on any atom is 0.197 e. The Morgan fingerprint density at radius 1 is 0.333 bits per heavy atom. The van der Waals surface area contributed by atoms with Gasteiger partial charge in [-0.2, -0.15) is 0 Å². The number of aromatic nitrogens is 1. The number of nitrogens with zero attached hydrogens (tertiary/aromatic N) is 1. The third-order valence-electron chi connectivity index (χ3n) is 15.9. The monoisotopic (exact) mass is 1000 g/mol. The summed E-state index contributed by atoms with van der Waals surface area (Å²) in [6.07, 6.45) is 0. The highest BCUT2D eigenvalue weighted by Gasteiger charge is 2.51. The van der Waals surface area contributed by atoms with Gasteiger partial charge in [0.2, 0.25) is 0 Å². The predicted octanol–water partition coefficient (Wildman–Crippen LogP) is 10.6. The molecule has 5 heteroatoms. The van der Waals surface area contributed by atoms with E-state index in [4.69, 9.17) is 0 Å². The average molecular weight is 1000 g/mol. The number of hydrogen-bond acceptors (Lipinski definition) is 2. The molecule has 3 nitrogen and oxygen atoms in total. The van der Waals surface area contributed by atoms with Crippen molar-refractivity contribution in [3.05, 3.63) is 280 Å². The van der Waals surface area contributed by atoms with E-state index in [0.29, 0.717) is 27.1 Å². The van der Waals surface area contributed by atoms with Gasteiger partial charge in [0.15, 0.2) is 27.0 Å². The Morgan fingerprint density at radius 2 is 0.600 bits per heavy atom. The van der Waals surface area contributed by atoms with E-state index in [-0.39, 0.29) is 21.7 Å². The highest BCUT2D eigenvalue weighted by molar-refractivity contribution is 7.24. The summed E-state index contributed by atoms with van der Waals surface area (Å²) in [5.41, 5.74) is 5.59. The van der Waals surface area contributed by atoms with Gasteiger partial charge in [0.25, 0.3) is 0 Å². The number of hydrogen-bond donors (Lipinski definition) is 0. The fourth-order valence-electron chi connectivity index (χ4n) is 12.4. The molecule has 0 spiro atoms. The molecule has 0 atom stereocenters. The Kier molecular flexibility index (Phi) is 11.7. The third-order valence-corrected chi connectivity index (χ3v) is 25.6. The van der Waals surface area contributed by atoms with E-state index in [1.54, 1.807) is 0 Å². The molecule has 0 saturated carbocycles. The molecule has 2 aromatic heterocycles. The van der Waals surface area contributed by atoms with Crippen molar-refractivity contribution in [2.75, 3.05) is 0 Å². The highest BCUT2D eigenvalue weighted by Crippen LogP contribution is 2.36. The second-order valence-electron chi connectivity index (χ2n) is 22.2. The molecule has 10 aromatic carbocycles. The Labute approximate surface area is 441 Å². The Balaban J connectivity index is 1.55. The van der Waals surface area contributed by atoms with Crippen LogP contribution in [0.2, 0.25) is 0 Å². The van der Waals surface area contributed by atoms with Crippen LogP contribution in [0.25, 0.3) is 49.2 Å². The van der Waals surface area contributed by atoms with Crippen molar-refractivity contribution < 1.29 is 0 Å². The molecule has 0 saturated heterocycles. The molecule has 0 N–H and O–H groups in total. The van der Waals surface area contributed by atoms with E-state index in [1.165, 1.54) is 0 Å². The fourth-order valence-corrected chi connectivity index (χ4v) is 23.0. The maximum absolute atomic E-state index is 17.2. The first-order chi connectivity index (χ1) is 36.4. The lowest BCUT2D eigenvalue weighted by Crippen LogP contribution is -2.79. The molecule has 12 aromatic rings. The number of pyridine rings is 2. The predicted molar refractivity (Wildman–Crippen MR) is 324 cm³/mol. The van der Waals surface area contributed by atoms with Gasteiger partial charge in [-0.05, 0) is 98.8 Å². The van der Waals surface area contributed by atoms with E-state index < -0.39 is 16.1 Å². The molecule has 0 aliphatic carbocycles. The number of fused-ring (bicyclic) bond motifs is 4. The number of benzene rings is 10. The van der Waals surface area contributed by atoms with Gasteiger partial charge in [-0.15, -0.1) is 0 Å². The van der Waals surface area contributed by atoms with Crippen LogP contribution in [0, 0.1) is 0 Å². The molecule has 2 heterocycles. The molecule has 12 rings (SSSR count). The molecule has 0 aliphatic rings. The van der Waals surface area contributed by atoms with Crippen molar-refractivity contribution in [2.45, 2.75) is 52.4 Å². The lowest BCUT2D eigenvalue weighted by atomic mass is 9.85. The highest BCUT2D eigenvalue weighted by atomic mass is 28.3. The minimum Gasteiger partial charge on any atom is -0.308 e. The second kappa shape index (κ2) is 18.3. The average Bonchev–Trinajstić information content (AvgIpc) is 3.61. The summed E-state index contributed by atoms with van der Waals surface area (Å²) in [7, 11) is -7.52. The van der Waals surface area contributed by atoms with Crippen LogP contribution in [0.15, 0.2) is 258 Å². The van der Waals surface area contributed by atoms with E-state index >= 15 is 9.59 Å². The van der Waals surface area contributed by atoms with Crippen LogP contribution >= 0.6 is 0 Å². The number of rotatable bonds is 9. The minimum absolute atomic E-state index is 0.0732. The zero-order valence-electron chi connectivity index (χ0n) is 43.4. The molecule has 0 bridgehead atoms. The lowest BCUT2D eigenvalue weighted by molar-refractivity contribution is 0.591. The van der Waals surface area contributed by atoms with Crippen LogP contribution in [0.3, 0.4) is 0 Å². The maximum atomic E-state index is 17.2. The third kappa shape index (κ3) is 7.43. The van der Waals surface area contributed by atoms with E-state index in [2.05, 4.69) is 295 Å².